The lowest BCUT2D eigenvalue weighted by Crippen LogP contribution is -2.07. The Morgan fingerprint density at radius 2 is 2.10 bits per heavy atom. The van der Waals surface area contributed by atoms with E-state index in [9.17, 15) is 0 Å². The molecule has 0 spiro atoms. The third kappa shape index (κ3) is 2.24. The zero-order valence-corrected chi connectivity index (χ0v) is 12.6. The Morgan fingerprint density at radius 3 is 2.81 bits per heavy atom. The molecule has 0 radical (unpaired) electrons. The number of rotatable bonds is 4. The number of fused-ring (bicyclic) bond motifs is 3. The van der Waals surface area contributed by atoms with Crippen molar-refractivity contribution in [3.8, 4) is 0 Å². The van der Waals surface area contributed by atoms with Gasteiger partial charge in [-0.25, -0.2) is 9.97 Å². The van der Waals surface area contributed by atoms with Gasteiger partial charge < -0.3 is 5.32 Å². The number of aromatic nitrogens is 4. The largest absolute Gasteiger partial charge is 0.366 e. The number of hydrogen-bond donors (Lipinski definition) is 1. The van der Waals surface area contributed by atoms with Gasteiger partial charge in [0.2, 0.25) is 0 Å². The van der Waals surface area contributed by atoms with E-state index in [1.807, 2.05) is 23.6 Å². The van der Waals surface area contributed by atoms with Gasteiger partial charge in [0, 0.05) is 24.0 Å². The maximum atomic E-state index is 4.74. The molecule has 3 aromatic rings. The van der Waals surface area contributed by atoms with Crippen molar-refractivity contribution in [2.24, 2.45) is 0 Å². The summed E-state index contributed by atoms with van der Waals surface area (Å²) in [6, 6.07) is 4.10. The number of aryl methyl sites for hydroxylation is 3. The van der Waals surface area contributed by atoms with E-state index < -0.39 is 0 Å². The second kappa shape index (κ2) is 5.16. The summed E-state index contributed by atoms with van der Waals surface area (Å²) >= 11 is 0. The molecule has 0 atom stereocenters. The van der Waals surface area contributed by atoms with E-state index in [1.165, 1.54) is 0 Å². The molecule has 0 aliphatic carbocycles. The summed E-state index contributed by atoms with van der Waals surface area (Å²) < 4.78 is 1.84. The Balaban J connectivity index is 2.37. The minimum Gasteiger partial charge on any atom is -0.366 e. The van der Waals surface area contributed by atoms with Gasteiger partial charge in [-0.05, 0) is 31.9 Å². The highest BCUT2D eigenvalue weighted by Gasteiger charge is 2.14. The van der Waals surface area contributed by atoms with Crippen LogP contribution in [-0.2, 0) is 6.42 Å². The van der Waals surface area contributed by atoms with Gasteiger partial charge in [0.1, 0.15) is 5.82 Å². The van der Waals surface area contributed by atoms with Crippen LogP contribution in [-0.4, -0.2) is 26.1 Å². The second-order valence-electron chi connectivity index (χ2n) is 5.17. The molecule has 5 heteroatoms. The quantitative estimate of drug-likeness (QED) is 0.747. The maximum absolute atomic E-state index is 4.74. The van der Waals surface area contributed by atoms with E-state index >= 15 is 0 Å². The molecule has 3 rings (SSSR count). The first-order chi connectivity index (χ1) is 10.1. The van der Waals surface area contributed by atoms with E-state index in [0.717, 1.165) is 45.9 Å². The maximum Gasteiger partial charge on any atom is 0.184 e. The molecule has 3 heterocycles. The molecular weight excluding hydrogens is 262 g/mol. The van der Waals surface area contributed by atoms with Crippen LogP contribution in [0, 0.1) is 13.8 Å². The van der Waals surface area contributed by atoms with Crippen molar-refractivity contribution in [1.29, 1.82) is 0 Å². The minimum atomic E-state index is 0.684. The molecule has 108 valence electrons. The van der Waals surface area contributed by atoms with Crippen LogP contribution >= 0.6 is 0 Å². The molecule has 0 unspecified atom stereocenters. The van der Waals surface area contributed by atoms with Crippen LogP contribution in [0.4, 0.5) is 5.82 Å². The Labute approximate surface area is 123 Å². The van der Waals surface area contributed by atoms with Crippen molar-refractivity contribution in [2.75, 3.05) is 11.9 Å². The molecule has 1 N–H and O–H groups in total. The highest BCUT2D eigenvalue weighted by atomic mass is 15.3. The van der Waals surface area contributed by atoms with Crippen LogP contribution in [0.1, 0.15) is 23.9 Å². The molecule has 0 aliphatic rings. The predicted octanol–water partition coefficient (Wildman–Crippen LogP) is 3.05. The average molecular weight is 281 g/mol. The van der Waals surface area contributed by atoms with Gasteiger partial charge in [-0.3, -0.25) is 0 Å². The van der Waals surface area contributed by atoms with Crippen molar-refractivity contribution >= 4 is 22.5 Å². The molecule has 21 heavy (non-hydrogen) atoms. The van der Waals surface area contributed by atoms with Crippen LogP contribution in [0.3, 0.4) is 0 Å². The average Bonchev–Trinajstić information content (AvgIpc) is 2.82. The van der Waals surface area contributed by atoms with Gasteiger partial charge >= 0.3 is 0 Å². The van der Waals surface area contributed by atoms with Crippen LogP contribution in [0.2, 0.25) is 0 Å². The van der Waals surface area contributed by atoms with E-state index in [4.69, 9.17) is 4.98 Å². The lowest BCUT2D eigenvalue weighted by molar-refractivity contribution is 0.917. The SMILES string of the molecule is C=CCNc1cc(CC)nc2c3c(C)cc(C)nc3nn12. The number of pyridine rings is 1. The first-order valence-electron chi connectivity index (χ1n) is 7.15. The zero-order chi connectivity index (χ0) is 15.0. The smallest absolute Gasteiger partial charge is 0.184 e. The Morgan fingerprint density at radius 1 is 1.29 bits per heavy atom. The summed E-state index contributed by atoms with van der Waals surface area (Å²) in [6.45, 7) is 10.6. The van der Waals surface area contributed by atoms with E-state index in [0.29, 0.717) is 6.54 Å². The monoisotopic (exact) mass is 281 g/mol. The van der Waals surface area contributed by atoms with Crippen LogP contribution < -0.4 is 5.32 Å². The summed E-state index contributed by atoms with van der Waals surface area (Å²) in [5, 5.41) is 8.96. The van der Waals surface area contributed by atoms with Gasteiger partial charge in [0.05, 0.1) is 5.39 Å². The second-order valence-corrected chi connectivity index (χ2v) is 5.17. The number of anilines is 1. The number of hydrogen-bond acceptors (Lipinski definition) is 4. The molecule has 5 nitrogen and oxygen atoms in total. The minimum absolute atomic E-state index is 0.684. The molecule has 0 saturated heterocycles. The van der Waals surface area contributed by atoms with Crippen molar-refractivity contribution in [2.45, 2.75) is 27.2 Å². The van der Waals surface area contributed by atoms with Gasteiger partial charge in [0.25, 0.3) is 0 Å². The van der Waals surface area contributed by atoms with Crippen LogP contribution in [0.25, 0.3) is 16.7 Å². The Kier molecular flexibility index (Phi) is 3.33. The lowest BCUT2D eigenvalue weighted by atomic mass is 10.2. The fraction of sp³-hybridized carbons (Fsp3) is 0.312. The third-order valence-electron chi connectivity index (χ3n) is 3.52. The Hall–Kier alpha value is -2.43. The van der Waals surface area contributed by atoms with E-state index in [1.54, 1.807) is 0 Å². The summed E-state index contributed by atoms with van der Waals surface area (Å²) in [5.74, 6) is 0.923. The van der Waals surface area contributed by atoms with Crippen molar-refractivity contribution in [3.05, 3.63) is 41.7 Å². The van der Waals surface area contributed by atoms with E-state index in [-0.39, 0.29) is 0 Å². The normalized spacial score (nSPS) is 11.2. The lowest BCUT2D eigenvalue weighted by Gasteiger charge is -2.08. The van der Waals surface area contributed by atoms with Gasteiger partial charge in [-0.15, -0.1) is 11.7 Å². The van der Waals surface area contributed by atoms with Crippen molar-refractivity contribution < 1.29 is 0 Å². The van der Waals surface area contributed by atoms with Crippen molar-refractivity contribution in [1.82, 2.24) is 19.6 Å². The fourth-order valence-electron chi connectivity index (χ4n) is 2.56. The summed E-state index contributed by atoms with van der Waals surface area (Å²) in [4.78, 5) is 9.27. The summed E-state index contributed by atoms with van der Waals surface area (Å²) in [7, 11) is 0. The molecule has 0 aliphatic heterocycles. The summed E-state index contributed by atoms with van der Waals surface area (Å²) in [6.07, 6.45) is 2.71. The molecule has 0 amide bonds. The topological polar surface area (TPSA) is 55.1 Å². The predicted molar refractivity (Wildman–Crippen MR) is 85.8 cm³/mol. The molecule has 0 saturated carbocycles. The highest BCUT2D eigenvalue weighted by Crippen LogP contribution is 2.24. The zero-order valence-electron chi connectivity index (χ0n) is 12.6. The molecule has 3 aromatic heterocycles. The number of nitrogens with zero attached hydrogens (tertiary/aromatic N) is 4. The number of nitrogens with one attached hydrogen (secondary N) is 1. The van der Waals surface area contributed by atoms with Gasteiger partial charge in [-0.2, -0.15) is 4.52 Å². The molecule has 0 bridgehead atoms. The molecule has 0 fully saturated rings. The molecular formula is C16H19N5. The standard InChI is InChI=1S/C16H19N5/c1-5-7-17-13-9-12(6-2)19-16-14-10(3)8-11(4)18-15(14)20-21(13)16/h5,8-9,17H,1,6-7H2,2-4H3. The van der Waals surface area contributed by atoms with Crippen LogP contribution in [0.5, 0.6) is 0 Å². The van der Waals surface area contributed by atoms with Crippen LogP contribution in [0.15, 0.2) is 24.8 Å². The van der Waals surface area contributed by atoms with Gasteiger partial charge in [-0.1, -0.05) is 13.0 Å². The van der Waals surface area contributed by atoms with E-state index in [2.05, 4.69) is 41.9 Å². The molecule has 0 aromatic carbocycles. The summed E-state index contributed by atoms with van der Waals surface area (Å²) in [5.41, 5.74) is 4.77. The van der Waals surface area contributed by atoms with Crippen molar-refractivity contribution in [3.63, 3.8) is 0 Å². The highest BCUT2D eigenvalue weighted by molar-refractivity contribution is 5.93. The third-order valence-corrected chi connectivity index (χ3v) is 3.52. The Bertz CT molecular complexity index is 832. The first kappa shape index (κ1) is 13.5. The fourth-order valence-corrected chi connectivity index (χ4v) is 2.56. The first-order valence-corrected chi connectivity index (χ1v) is 7.15. The van der Waals surface area contributed by atoms with Gasteiger partial charge in [0.15, 0.2) is 11.3 Å².